The fourth-order valence-electron chi connectivity index (χ4n) is 1.76. The first-order chi connectivity index (χ1) is 7.61. The van der Waals surface area contributed by atoms with E-state index in [9.17, 15) is 9.59 Å². The van der Waals surface area contributed by atoms with Gasteiger partial charge in [-0.3, -0.25) is 9.69 Å². The Hall–Kier alpha value is -1.84. The van der Waals surface area contributed by atoms with Crippen LogP contribution in [0.4, 0.5) is 5.69 Å². The summed E-state index contributed by atoms with van der Waals surface area (Å²) in [5.41, 5.74) is 2.91. The number of amides is 1. The fraction of sp³-hybridized carbons (Fsp3) is 0.333. The van der Waals surface area contributed by atoms with E-state index in [-0.39, 0.29) is 6.61 Å². The van der Waals surface area contributed by atoms with Gasteiger partial charge in [-0.25, -0.2) is 4.79 Å². The molecular weight excluding hydrogens is 206 g/mol. The summed E-state index contributed by atoms with van der Waals surface area (Å²) in [6.45, 7) is 4.61. The van der Waals surface area contributed by atoms with Crippen LogP contribution in [0.25, 0.3) is 0 Å². The van der Waals surface area contributed by atoms with Gasteiger partial charge in [-0.15, -0.1) is 0 Å². The number of cyclic esters (lactones) is 1. The predicted molar refractivity (Wildman–Crippen MR) is 59.2 cm³/mol. The number of hydrogen-bond acceptors (Lipinski definition) is 3. The maximum absolute atomic E-state index is 11.6. The summed E-state index contributed by atoms with van der Waals surface area (Å²) < 4.78 is 4.68. The number of rotatable bonds is 1. The lowest BCUT2D eigenvalue weighted by molar-refractivity contribution is -0.156. The van der Waals surface area contributed by atoms with Crippen molar-refractivity contribution in [2.75, 3.05) is 18.1 Å². The second-order valence-electron chi connectivity index (χ2n) is 3.81. The first kappa shape index (κ1) is 10.7. The zero-order valence-electron chi connectivity index (χ0n) is 9.32. The van der Waals surface area contributed by atoms with Crippen LogP contribution in [-0.4, -0.2) is 25.0 Å². The molecule has 4 heteroatoms. The molecule has 1 aliphatic heterocycles. The zero-order chi connectivity index (χ0) is 11.7. The number of esters is 1. The molecule has 0 spiro atoms. The summed E-state index contributed by atoms with van der Waals surface area (Å²) in [4.78, 5) is 24.3. The van der Waals surface area contributed by atoms with E-state index < -0.39 is 11.9 Å². The number of benzene rings is 1. The molecule has 1 aromatic rings. The molecule has 0 unspecified atom stereocenters. The highest BCUT2D eigenvalue weighted by molar-refractivity contribution is 6.38. The van der Waals surface area contributed by atoms with Gasteiger partial charge in [-0.2, -0.15) is 0 Å². The fourth-order valence-corrected chi connectivity index (χ4v) is 1.76. The van der Waals surface area contributed by atoms with Gasteiger partial charge in [0.15, 0.2) is 0 Å². The molecule has 1 aliphatic rings. The Kier molecular flexibility index (Phi) is 2.64. The largest absolute Gasteiger partial charge is 0.457 e. The molecule has 0 bridgehead atoms. The molecule has 1 amide bonds. The van der Waals surface area contributed by atoms with Crippen LogP contribution >= 0.6 is 0 Å². The number of anilines is 1. The van der Waals surface area contributed by atoms with Gasteiger partial charge < -0.3 is 4.74 Å². The molecule has 0 N–H and O–H groups in total. The minimum absolute atomic E-state index is 0.262. The molecule has 0 aliphatic carbocycles. The summed E-state index contributed by atoms with van der Waals surface area (Å²) in [5.74, 6) is -1.35. The number of carbonyl (C=O) groups is 2. The Bertz CT molecular complexity index is 454. The van der Waals surface area contributed by atoms with E-state index in [0.29, 0.717) is 6.54 Å². The number of aryl methyl sites for hydroxylation is 1. The van der Waals surface area contributed by atoms with Gasteiger partial charge in [0.2, 0.25) is 0 Å². The highest BCUT2D eigenvalue weighted by atomic mass is 16.5. The third-order valence-corrected chi connectivity index (χ3v) is 2.83. The highest BCUT2D eigenvalue weighted by Crippen LogP contribution is 2.24. The van der Waals surface area contributed by atoms with Crippen molar-refractivity contribution in [2.24, 2.45) is 0 Å². The predicted octanol–water partition coefficient (Wildman–Crippen LogP) is 1.19. The monoisotopic (exact) mass is 219 g/mol. The maximum Gasteiger partial charge on any atom is 0.397 e. The van der Waals surface area contributed by atoms with Crippen LogP contribution in [0, 0.1) is 13.8 Å². The molecule has 1 aromatic carbocycles. The summed E-state index contributed by atoms with van der Waals surface area (Å²) in [6, 6.07) is 5.70. The molecule has 0 radical (unpaired) electrons. The van der Waals surface area contributed by atoms with Crippen LogP contribution in [0.3, 0.4) is 0 Å². The lowest BCUT2D eigenvalue weighted by Crippen LogP contribution is -2.45. The Labute approximate surface area is 93.8 Å². The minimum Gasteiger partial charge on any atom is -0.457 e. The van der Waals surface area contributed by atoms with Crippen LogP contribution in [0.2, 0.25) is 0 Å². The van der Waals surface area contributed by atoms with Crippen molar-refractivity contribution in [3.8, 4) is 0 Å². The van der Waals surface area contributed by atoms with Crippen LogP contribution in [0.15, 0.2) is 18.2 Å². The zero-order valence-corrected chi connectivity index (χ0v) is 9.32. The van der Waals surface area contributed by atoms with Crippen LogP contribution in [0.1, 0.15) is 11.1 Å². The molecule has 2 rings (SSSR count). The number of hydrogen-bond donors (Lipinski definition) is 0. The van der Waals surface area contributed by atoms with Gasteiger partial charge in [0.25, 0.3) is 0 Å². The smallest absolute Gasteiger partial charge is 0.397 e. The van der Waals surface area contributed by atoms with E-state index in [2.05, 4.69) is 4.74 Å². The first-order valence-corrected chi connectivity index (χ1v) is 5.16. The Balaban J connectivity index is 2.40. The van der Waals surface area contributed by atoms with Crippen molar-refractivity contribution >= 4 is 17.6 Å². The molecule has 1 fully saturated rings. The average molecular weight is 219 g/mol. The standard InChI is InChI=1S/C12H13NO3/c1-8-4-3-5-10(9(8)2)13-6-7-16-12(15)11(13)14/h3-5H,6-7H2,1-2H3. The van der Waals surface area contributed by atoms with E-state index in [0.717, 1.165) is 16.8 Å². The van der Waals surface area contributed by atoms with E-state index in [1.807, 2.05) is 32.0 Å². The van der Waals surface area contributed by atoms with Crippen molar-refractivity contribution in [2.45, 2.75) is 13.8 Å². The first-order valence-electron chi connectivity index (χ1n) is 5.16. The van der Waals surface area contributed by atoms with Gasteiger partial charge in [0, 0.05) is 5.69 Å². The summed E-state index contributed by atoms with van der Waals surface area (Å²) in [6.07, 6.45) is 0. The second-order valence-corrected chi connectivity index (χ2v) is 3.81. The molecular formula is C12H13NO3. The minimum atomic E-state index is -0.771. The number of nitrogens with zero attached hydrogens (tertiary/aromatic N) is 1. The normalized spacial score (nSPS) is 16.2. The Morgan fingerprint density at radius 3 is 2.75 bits per heavy atom. The van der Waals surface area contributed by atoms with Gasteiger partial charge in [-0.1, -0.05) is 12.1 Å². The summed E-state index contributed by atoms with van der Waals surface area (Å²) in [7, 11) is 0. The second kappa shape index (κ2) is 3.96. The average Bonchev–Trinajstić information content (AvgIpc) is 2.27. The Morgan fingerprint density at radius 2 is 2.00 bits per heavy atom. The number of morpholine rings is 1. The summed E-state index contributed by atoms with van der Waals surface area (Å²) in [5, 5.41) is 0. The lowest BCUT2D eigenvalue weighted by Gasteiger charge is -2.27. The quantitative estimate of drug-likeness (QED) is 0.526. The SMILES string of the molecule is Cc1cccc(N2CCOC(=O)C2=O)c1C. The van der Waals surface area contributed by atoms with Gasteiger partial charge >= 0.3 is 11.9 Å². The molecule has 84 valence electrons. The van der Waals surface area contributed by atoms with E-state index in [1.54, 1.807) is 0 Å². The molecule has 0 aromatic heterocycles. The van der Waals surface area contributed by atoms with Crippen LogP contribution in [-0.2, 0) is 14.3 Å². The molecule has 4 nitrogen and oxygen atoms in total. The molecule has 0 atom stereocenters. The van der Waals surface area contributed by atoms with E-state index in [4.69, 9.17) is 0 Å². The third-order valence-electron chi connectivity index (χ3n) is 2.83. The van der Waals surface area contributed by atoms with Crippen molar-refractivity contribution < 1.29 is 14.3 Å². The van der Waals surface area contributed by atoms with Crippen LogP contribution in [0.5, 0.6) is 0 Å². The highest BCUT2D eigenvalue weighted by Gasteiger charge is 2.30. The number of ether oxygens (including phenoxy) is 1. The van der Waals surface area contributed by atoms with Gasteiger partial charge in [0.05, 0.1) is 6.54 Å². The Morgan fingerprint density at radius 1 is 1.25 bits per heavy atom. The van der Waals surface area contributed by atoms with Crippen molar-refractivity contribution in [3.05, 3.63) is 29.3 Å². The van der Waals surface area contributed by atoms with Crippen molar-refractivity contribution in [1.82, 2.24) is 0 Å². The molecule has 1 saturated heterocycles. The molecule has 1 heterocycles. The summed E-state index contributed by atoms with van der Waals surface area (Å²) >= 11 is 0. The third kappa shape index (κ3) is 1.66. The van der Waals surface area contributed by atoms with Crippen molar-refractivity contribution in [3.63, 3.8) is 0 Å². The molecule has 16 heavy (non-hydrogen) atoms. The molecule has 0 saturated carbocycles. The van der Waals surface area contributed by atoms with Crippen LogP contribution < -0.4 is 4.90 Å². The lowest BCUT2D eigenvalue weighted by atomic mass is 10.1. The van der Waals surface area contributed by atoms with E-state index >= 15 is 0 Å². The maximum atomic E-state index is 11.6. The topological polar surface area (TPSA) is 46.6 Å². The number of carbonyl (C=O) groups excluding carboxylic acids is 2. The van der Waals surface area contributed by atoms with E-state index in [1.165, 1.54) is 4.90 Å². The van der Waals surface area contributed by atoms with Gasteiger partial charge in [-0.05, 0) is 31.0 Å². The van der Waals surface area contributed by atoms with Crippen molar-refractivity contribution in [1.29, 1.82) is 0 Å². The van der Waals surface area contributed by atoms with Gasteiger partial charge in [0.1, 0.15) is 6.61 Å².